The van der Waals surface area contributed by atoms with Crippen LogP contribution in [0.5, 0.6) is 0 Å². The van der Waals surface area contributed by atoms with Gasteiger partial charge < -0.3 is 9.64 Å². The molecule has 2 saturated heterocycles. The van der Waals surface area contributed by atoms with Crippen molar-refractivity contribution in [1.82, 2.24) is 4.90 Å². The van der Waals surface area contributed by atoms with Gasteiger partial charge in [0.15, 0.2) is 0 Å². The van der Waals surface area contributed by atoms with Gasteiger partial charge in [0.2, 0.25) is 5.91 Å². The first-order chi connectivity index (χ1) is 7.68. The summed E-state index contributed by atoms with van der Waals surface area (Å²) in [6.45, 7) is 10.8. The summed E-state index contributed by atoms with van der Waals surface area (Å²) in [6, 6.07) is 0. The summed E-state index contributed by atoms with van der Waals surface area (Å²) < 4.78 is 5.27. The van der Waals surface area contributed by atoms with Crippen LogP contribution in [-0.2, 0) is 9.53 Å². The Morgan fingerprint density at radius 1 is 1.25 bits per heavy atom. The van der Waals surface area contributed by atoms with Crippen LogP contribution < -0.4 is 0 Å². The molecule has 16 heavy (non-hydrogen) atoms. The number of rotatable bonds is 1. The Bertz CT molecular complexity index is 316. The van der Waals surface area contributed by atoms with E-state index < -0.39 is 0 Å². The van der Waals surface area contributed by atoms with Crippen LogP contribution >= 0.6 is 0 Å². The molecule has 0 unspecified atom stereocenters. The minimum Gasteiger partial charge on any atom is -0.381 e. The van der Waals surface area contributed by atoms with E-state index in [1.165, 1.54) is 0 Å². The van der Waals surface area contributed by atoms with E-state index in [4.69, 9.17) is 4.74 Å². The maximum absolute atomic E-state index is 12.2. The Morgan fingerprint density at radius 3 is 2.56 bits per heavy atom. The van der Waals surface area contributed by atoms with Crippen molar-refractivity contribution in [2.24, 2.45) is 5.92 Å². The second-order valence-electron chi connectivity index (χ2n) is 4.60. The third-order valence-electron chi connectivity index (χ3n) is 3.45. The summed E-state index contributed by atoms with van der Waals surface area (Å²) in [6.07, 6.45) is 2.60. The van der Waals surface area contributed by atoms with Gasteiger partial charge in [-0.3, -0.25) is 4.79 Å². The van der Waals surface area contributed by atoms with Crippen LogP contribution in [0.15, 0.2) is 24.3 Å². The smallest absolute Gasteiger partial charge is 0.226 e. The molecule has 0 aromatic rings. The van der Waals surface area contributed by atoms with Crippen LogP contribution in [0.25, 0.3) is 0 Å². The maximum Gasteiger partial charge on any atom is 0.226 e. The van der Waals surface area contributed by atoms with Gasteiger partial charge >= 0.3 is 0 Å². The molecule has 0 aromatic carbocycles. The van der Waals surface area contributed by atoms with Crippen molar-refractivity contribution in [3.05, 3.63) is 24.3 Å². The third-order valence-corrected chi connectivity index (χ3v) is 3.45. The summed E-state index contributed by atoms with van der Waals surface area (Å²) in [5, 5.41) is 0. The molecule has 88 valence electrons. The molecule has 1 amide bonds. The molecule has 3 nitrogen and oxygen atoms in total. The van der Waals surface area contributed by atoms with Crippen LogP contribution in [-0.4, -0.2) is 37.1 Å². The quantitative estimate of drug-likeness (QED) is 0.675. The van der Waals surface area contributed by atoms with Gasteiger partial charge in [-0.1, -0.05) is 13.2 Å². The van der Waals surface area contributed by atoms with Crippen LogP contribution in [0.1, 0.15) is 19.3 Å². The lowest BCUT2D eigenvalue weighted by Crippen LogP contribution is -2.42. The number of carbonyl (C=O) groups is 1. The number of likely N-dealkylation sites (tertiary alicyclic amines) is 1. The van der Waals surface area contributed by atoms with Gasteiger partial charge in [0.1, 0.15) is 0 Å². The van der Waals surface area contributed by atoms with Crippen LogP contribution in [0.3, 0.4) is 0 Å². The Labute approximate surface area is 96.8 Å². The molecule has 0 radical (unpaired) electrons. The Hall–Kier alpha value is -1.09. The highest BCUT2D eigenvalue weighted by molar-refractivity contribution is 5.79. The second kappa shape index (κ2) is 4.83. The first-order valence-electron chi connectivity index (χ1n) is 5.91. The normalized spacial score (nSPS) is 23.6. The average molecular weight is 221 g/mol. The summed E-state index contributed by atoms with van der Waals surface area (Å²) in [5.74, 6) is 0.435. The largest absolute Gasteiger partial charge is 0.381 e. The molecule has 0 aromatic heterocycles. The number of ether oxygens (including phenoxy) is 1. The molecule has 2 fully saturated rings. The zero-order valence-corrected chi connectivity index (χ0v) is 9.71. The molecule has 2 aliphatic rings. The van der Waals surface area contributed by atoms with Crippen molar-refractivity contribution in [1.29, 1.82) is 0 Å². The predicted molar refractivity (Wildman–Crippen MR) is 63.0 cm³/mol. The summed E-state index contributed by atoms with van der Waals surface area (Å²) >= 11 is 0. The SMILES string of the molecule is C=C1CCN(C(=O)C2CCOCC2)CC1=C. The van der Waals surface area contributed by atoms with Gasteiger partial charge in [0.25, 0.3) is 0 Å². The third kappa shape index (κ3) is 2.35. The number of hydrogen-bond donors (Lipinski definition) is 0. The van der Waals surface area contributed by atoms with Gasteiger partial charge in [-0.2, -0.15) is 0 Å². The summed E-state index contributed by atoms with van der Waals surface area (Å²) in [4.78, 5) is 14.1. The molecule has 2 heterocycles. The number of piperidine rings is 1. The minimum atomic E-state index is 0.160. The molecule has 0 saturated carbocycles. The number of hydrogen-bond acceptors (Lipinski definition) is 2. The van der Waals surface area contributed by atoms with E-state index in [0.29, 0.717) is 6.54 Å². The van der Waals surface area contributed by atoms with Crippen molar-refractivity contribution < 1.29 is 9.53 Å². The van der Waals surface area contributed by atoms with Crippen molar-refractivity contribution in [2.45, 2.75) is 19.3 Å². The highest BCUT2D eigenvalue weighted by Gasteiger charge is 2.28. The van der Waals surface area contributed by atoms with E-state index >= 15 is 0 Å². The first kappa shape index (κ1) is 11.4. The lowest BCUT2D eigenvalue weighted by Gasteiger charge is -2.33. The summed E-state index contributed by atoms with van der Waals surface area (Å²) in [5.41, 5.74) is 2.10. The number of amides is 1. The maximum atomic E-state index is 12.2. The lowest BCUT2D eigenvalue weighted by atomic mass is 9.95. The van der Waals surface area contributed by atoms with Gasteiger partial charge in [-0.15, -0.1) is 0 Å². The van der Waals surface area contributed by atoms with Crippen LogP contribution in [0, 0.1) is 5.92 Å². The molecule has 0 atom stereocenters. The minimum absolute atomic E-state index is 0.160. The van der Waals surface area contributed by atoms with E-state index in [2.05, 4.69) is 13.2 Å². The Morgan fingerprint density at radius 2 is 1.94 bits per heavy atom. The van der Waals surface area contributed by atoms with Gasteiger partial charge in [0.05, 0.1) is 0 Å². The standard InChI is InChI=1S/C13H19NO2/c1-10-3-6-14(9-11(10)2)13(15)12-4-7-16-8-5-12/h12H,1-9H2. The monoisotopic (exact) mass is 221 g/mol. The zero-order valence-electron chi connectivity index (χ0n) is 9.71. The first-order valence-corrected chi connectivity index (χ1v) is 5.91. The summed E-state index contributed by atoms with van der Waals surface area (Å²) in [7, 11) is 0. The highest BCUT2D eigenvalue weighted by Crippen LogP contribution is 2.23. The molecule has 3 heteroatoms. The molecule has 0 aliphatic carbocycles. The molecule has 2 aliphatic heterocycles. The van der Waals surface area contributed by atoms with E-state index in [1.807, 2.05) is 4.90 Å². The molecular weight excluding hydrogens is 202 g/mol. The fraction of sp³-hybridized carbons (Fsp3) is 0.615. The van der Waals surface area contributed by atoms with Crippen molar-refractivity contribution in [3.8, 4) is 0 Å². The fourth-order valence-electron chi connectivity index (χ4n) is 2.26. The number of carbonyl (C=O) groups excluding carboxylic acids is 1. The second-order valence-corrected chi connectivity index (χ2v) is 4.60. The Kier molecular flexibility index (Phi) is 3.44. The van der Waals surface area contributed by atoms with E-state index in [9.17, 15) is 4.79 Å². The lowest BCUT2D eigenvalue weighted by molar-refractivity contribution is -0.138. The van der Waals surface area contributed by atoms with E-state index in [1.54, 1.807) is 0 Å². The van der Waals surface area contributed by atoms with Gasteiger partial charge in [0, 0.05) is 32.2 Å². The van der Waals surface area contributed by atoms with Crippen molar-refractivity contribution in [3.63, 3.8) is 0 Å². The molecule has 0 bridgehead atoms. The van der Waals surface area contributed by atoms with Crippen molar-refractivity contribution in [2.75, 3.05) is 26.3 Å². The average Bonchev–Trinajstić information content (AvgIpc) is 2.33. The fourth-order valence-corrected chi connectivity index (χ4v) is 2.26. The van der Waals surface area contributed by atoms with Crippen LogP contribution in [0.2, 0.25) is 0 Å². The predicted octanol–water partition coefficient (Wildman–Crippen LogP) is 1.76. The molecular formula is C13H19NO2. The topological polar surface area (TPSA) is 29.5 Å². The molecule has 2 rings (SSSR count). The van der Waals surface area contributed by atoms with Crippen molar-refractivity contribution >= 4 is 5.91 Å². The van der Waals surface area contributed by atoms with Gasteiger partial charge in [-0.05, 0) is 30.4 Å². The highest BCUT2D eigenvalue weighted by atomic mass is 16.5. The molecule has 0 N–H and O–H groups in total. The van der Waals surface area contributed by atoms with Crippen LogP contribution in [0.4, 0.5) is 0 Å². The zero-order chi connectivity index (χ0) is 11.5. The number of nitrogens with zero attached hydrogens (tertiary/aromatic N) is 1. The Balaban J connectivity index is 1.94. The van der Waals surface area contributed by atoms with E-state index in [-0.39, 0.29) is 11.8 Å². The van der Waals surface area contributed by atoms with E-state index in [0.717, 1.165) is 50.2 Å². The molecule has 0 spiro atoms. The van der Waals surface area contributed by atoms with Gasteiger partial charge in [-0.25, -0.2) is 0 Å².